The van der Waals surface area contributed by atoms with Crippen LogP contribution in [0.5, 0.6) is 0 Å². The maximum Gasteiger partial charge on any atom is 0.410 e. The van der Waals surface area contributed by atoms with E-state index < -0.39 is 17.7 Å². The highest BCUT2D eigenvalue weighted by Gasteiger charge is 2.32. The van der Waals surface area contributed by atoms with E-state index in [1.54, 1.807) is 37.8 Å². The quantitative estimate of drug-likeness (QED) is 0.713. The molecule has 1 aromatic rings. The minimum absolute atomic E-state index is 0.305. The highest BCUT2D eigenvalue weighted by atomic mass is 19.1. The molecular weight excluding hydrogens is 391 g/mol. The zero-order chi connectivity index (χ0) is 22.3. The van der Waals surface area contributed by atoms with Crippen LogP contribution in [-0.2, 0) is 25.5 Å². The van der Waals surface area contributed by atoms with Gasteiger partial charge in [-0.1, -0.05) is 12.1 Å². The van der Waals surface area contributed by atoms with Crippen LogP contribution < -0.4 is 5.32 Å². The van der Waals surface area contributed by atoms with Crippen molar-refractivity contribution in [3.05, 3.63) is 35.6 Å². The molecule has 7 nitrogen and oxygen atoms in total. The summed E-state index contributed by atoms with van der Waals surface area (Å²) in [6.07, 6.45) is 0.196. The lowest BCUT2D eigenvalue weighted by atomic mass is 9.97. The van der Waals surface area contributed by atoms with Crippen molar-refractivity contribution in [3.63, 3.8) is 0 Å². The predicted octanol–water partition coefficient (Wildman–Crippen LogP) is 3.06. The van der Waals surface area contributed by atoms with Crippen LogP contribution in [0.3, 0.4) is 0 Å². The summed E-state index contributed by atoms with van der Waals surface area (Å²) >= 11 is 0. The first-order valence-corrected chi connectivity index (χ1v) is 10.3. The fourth-order valence-corrected chi connectivity index (χ4v) is 3.07. The number of amides is 2. The Morgan fingerprint density at radius 2 is 1.77 bits per heavy atom. The summed E-state index contributed by atoms with van der Waals surface area (Å²) in [5.74, 6) is -1.46. The van der Waals surface area contributed by atoms with Crippen molar-refractivity contribution in [2.45, 2.75) is 58.7 Å². The SMILES string of the molecule is C[C@@H](OC(=O)C1CCN(C(=O)OC(C)(C)C)CC1)C(=O)NCCc1ccc(F)cc1. The Bertz CT molecular complexity index is 737. The number of benzene rings is 1. The zero-order valence-electron chi connectivity index (χ0n) is 18.1. The van der Waals surface area contributed by atoms with Crippen LogP contribution in [0.2, 0.25) is 0 Å². The van der Waals surface area contributed by atoms with Gasteiger partial charge in [-0.25, -0.2) is 9.18 Å². The van der Waals surface area contributed by atoms with E-state index in [1.165, 1.54) is 19.1 Å². The largest absolute Gasteiger partial charge is 0.452 e. The smallest absolute Gasteiger partial charge is 0.410 e. The van der Waals surface area contributed by atoms with Crippen LogP contribution in [0.25, 0.3) is 0 Å². The molecule has 0 spiro atoms. The number of hydrogen-bond donors (Lipinski definition) is 1. The molecule has 2 rings (SSSR count). The maximum atomic E-state index is 12.9. The lowest BCUT2D eigenvalue weighted by Crippen LogP contribution is -2.44. The first-order chi connectivity index (χ1) is 14.0. The Kier molecular flexibility index (Phi) is 8.20. The molecule has 1 N–H and O–H groups in total. The number of likely N-dealkylation sites (tertiary alicyclic amines) is 1. The average Bonchev–Trinajstić information content (AvgIpc) is 2.68. The number of piperidine rings is 1. The molecule has 1 atom stereocenters. The van der Waals surface area contributed by atoms with E-state index in [9.17, 15) is 18.8 Å². The van der Waals surface area contributed by atoms with Crippen molar-refractivity contribution >= 4 is 18.0 Å². The fraction of sp³-hybridized carbons (Fsp3) is 0.591. The minimum atomic E-state index is -0.908. The Balaban J connectivity index is 1.70. The van der Waals surface area contributed by atoms with Crippen LogP contribution in [0.15, 0.2) is 24.3 Å². The van der Waals surface area contributed by atoms with Gasteiger partial charge in [0.05, 0.1) is 5.92 Å². The van der Waals surface area contributed by atoms with Gasteiger partial charge in [0.2, 0.25) is 0 Å². The number of nitrogens with one attached hydrogen (secondary N) is 1. The summed E-state index contributed by atoms with van der Waals surface area (Å²) in [5.41, 5.74) is 0.338. The number of carbonyl (C=O) groups excluding carboxylic acids is 3. The van der Waals surface area contributed by atoms with Gasteiger partial charge in [-0.2, -0.15) is 0 Å². The van der Waals surface area contributed by atoms with Crippen molar-refractivity contribution in [2.24, 2.45) is 5.92 Å². The van der Waals surface area contributed by atoms with Crippen molar-refractivity contribution in [3.8, 4) is 0 Å². The third-order valence-corrected chi connectivity index (χ3v) is 4.77. The Morgan fingerprint density at radius 3 is 2.33 bits per heavy atom. The van der Waals surface area contributed by atoms with Crippen molar-refractivity contribution in [2.75, 3.05) is 19.6 Å². The molecule has 1 aliphatic rings. The molecule has 0 saturated carbocycles. The molecule has 0 bridgehead atoms. The number of ether oxygens (including phenoxy) is 2. The standard InChI is InChI=1S/C22H31FN2O5/c1-15(19(26)24-12-9-16-5-7-18(23)8-6-16)29-20(27)17-10-13-25(14-11-17)21(28)30-22(2,3)4/h5-8,15,17H,9-14H2,1-4H3,(H,24,26)/t15-/m1/s1. The van der Waals surface area contributed by atoms with Gasteiger partial charge < -0.3 is 19.7 Å². The number of esters is 1. The minimum Gasteiger partial charge on any atom is -0.452 e. The molecule has 0 aliphatic carbocycles. The van der Waals surface area contributed by atoms with Gasteiger partial charge in [0.15, 0.2) is 6.10 Å². The number of hydrogen-bond acceptors (Lipinski definition) is 5. The molecule has 1 heterocycles. The third-order valence-electron chi connectivity index (χ3n) is 4.77. The maximum absolute atomic E-state index is 12.9. The van der Waals surface area contributed by atoms with Crippen LogP contribution in [0, 0.1) is 11.7 Å². The van der Waals surface area contributed by atoms with E-state index in [-0.39, 0.29) is 23.7 Å². The Hall–Kier alpha value is -2.64. The van der Waals surface area contributed by atoms with E-state index >= 15 is 0 Å². The molecule has 166 valence electrons. The molecule has 0 radical (unpaired) electrons. The monoisotopic (exact) mass is 422 g/mol. The molecule has 1 aromatic carbocycles. The summed E-state index contributed by atoms with van der Waals surface area (Å²) in [6.45, 7) is 8.13. The second-order valence-corrected chi connectivity index (χ2v) is 8.49. The van der Waals surface area contributed by atoms with Crippen LogP contribution in [-0.4, -0.2) is 54.2 Å². The van der Waals surface area contributed by atoms with E-state index in [2.05, 4.69) is 5.32 Å². The Morgan fingerprint density at radius 1 is 1.17 bits per heavy atom. The fourth-order valence-electron chi connectivity index (χ4n) is 3.07. The summed E-state index contributed by atoms with van der Waals surface area (Å²) in [6, 6.07) is 6.06. The molecule has 1 aliphatic heterocycles. The highest BCUT2D eigenvalue weighted by Crippen LogP contribution is 2.21. The number of rotatable bonds is 6. The van der Waals surface area contributed by atoms with E-state index in [4.69, 9.17) is 9.47 Å². The normalized spacial score (nSPS) is 16.0. The Labute approximate surface area is 176 Å². The van der Waals surface area contributed by atoms with Crippen molar-refractivity contribution in [1.29, 1.82) is 0 Å². The van der Waals surface area contributed by atoms with Crippen molar-refractivity contribution < 1.29 is 28.2 Å². The topological polar surface area (TPSA) is 84.9 Å². The molecule has 1 fully saturated rings. The molecule has 0 unspecified atom stereocenters. The summed E-state index contributed by atoms with van der Waals surface area (Å²) in [5, 5.41) is 2.72. The first-order valence-electron chi connectivity index (χ1n) is 10.3. The van der Waals surface area contributed by atoms with Crippen LogP contribution in [0.1, 0.15) is 46.1 Å². The first kappa shape index (κ1) is 23.6. The van der Waals surface area contributed by atoms with E-state index in [0.29, 0.717) is 38.9 Å². The lowest BCUT2D eigenvalue weighted by Gasteiger charge is -2.32. The lowest BCUT2D eigenvalue weighted by molar-refractivity contribution is -0.160. The molecule has 0 aromatic heterocycles. The predicted molar refractivity (Wildman–Crippen MR) is 109 cm³/mol. The molecular formula is C22H31FN2O5. The van der Waals surface area contributed by atoms with Gasteiger partial charge in [-0.3, -0.25) is 9.59 Å². The summed E-state index contributed by atoms with van der Waals surface area (Å²) in [4.78, 5) is 38.2. The molecule has 2 amide bonds. The van der Waals surface area contributed by atoms with Gasteiger partial charge in [0.25, 0.3) is 5.91 Å². The highest BCUT2D eigenvalue weighted by molar-refractivity contribution is 5.84. The van der Waals surface area contributed by atoms with Crippen molar-refractivity contribution in [1.82, 2.24) is 10.2 Å². The number of halogens is 1. The third kappa shape index (κ3) is 7.65. The summed E-state index contributed by atoms with van der Waals surface area (Å²) in [7, 11) is 0. The van der Waals surface area contributed by atoms with Crippen LogP contribution >= 0.6 is 0 Å². The van der Waals surface area contributed by atoms with Gasteiger partial charge in [0.1, 0.15) is 11.4 Å². The van der Waals surface area contributed by atoms with Gasteiger partial charge in [0, 0.05) is 19.6 Å². The van der Waals surface area contributed by atoms with Gasteiger partial charge in [-0.15, -0.1) is 0 Å². The molecule has 30 heavy (non-hydrogen) atoms. The number of nitrogens with zero attached hydrogens (tertiary/aromatic N) is 1. The second kappa shape index (κ2) is 10.4. The van der Waals surface area contributed by atoms with E-state index in [1.807, 2.05) is 0 Å². The van der Waals surface area contributed by atoms with E-state index in [0.717, 1.165) is 5.56 Å². The second-order valence-electron chi connectivity index (χ2n) is 8.49. The van der Waals surface area contributed by atoms with Gasteiger partial charge >= 0.3 is 12.1 Å². The average molecular weight is 422 g/mol. The molecule has 1 saturated heterocycles. The number of carbonyl (C=O) groups is 3. The van der Waals surface area contributed by atoms with Gasteiger partial charge in [-0.05, 0) is 64.7 Å². The molecule has 8 heteroatoms. The summed E-state index contributed by atoms with van der Waals surface area (Å²) < 4.78 is 23.6. The zero-order valence-corrected chi connectivity index (χ0v) is 18.1. The van der Waals surface area contributed by atoms with Crippen LogP contribution in [0.4, 0.5) is 9.18 Å².